The fourth-order valence-corrected chi connectivity index (χ4v) is 2.65. The van der Waals surface area contributed by atoms with Crippen LogP contribution in [0.15, 0.2) is 60.9 Å². The molecule has 0 aliphatic heterocycles. The van der Waals surface area contributed by atoms with Crippen molar-refractivity contribution in [1.29, 1.82) is 0 Å². The van der Waals surface area contributed by atoms with Crippen molar-refractivity contribution in [2.75, 3.05) is 16.8 Å². The summed E-state index contributed by atoms with van der Waals surface area (Å²) in [5.41, 5.74) is 1.55. The third-order valence-electron chi connectivity index (χ3n) is 3.72. The van der Waals surface area contributed by atoms with Crippen LogP contribution < -0.4 is 10.2 Å². The SMILES string of the molecule is CCN(c1ccccc1)c1cc(C(=O)Nc2ccc(F)c(Cl)c2)ncn1. The molecule has 0 aliphatic rings. The van der Waals surface area contributed by atoms with E-state index in [1.165, 1.54) is 24.5 Å². The van der Waals surface area contributed by atoms with Gasteiger partial charge in [-0.2, -0.15) is 0 Å². The molecule has 1 N–H and O–H groups in total. The third-order valence-corrected chi connectivity index (χ3v) is 4.01. The van der Waals surface area contributed by atoms with E-state index in [9.17, 15) is 9.18 Å². The number of carbonyl (C=O) groups is 1. The van der Waals surface area contributed by atoms with Gasteiger partial charge in [-0.25, -0.2) is 14.4 Å². The molecular formula is C19H16ClFN4O. The topological polar surface area (TPSA) is 58.1 Å². The summed E-state index contributed by atoms with van der Waals surface area (Å²) in [5, 5.41) is 2.59. The van der Waals surface area contributed by atoms with Crippen molar-refractivity contribution < 1.29 is 9.18 Å². The van der Waals surface area contributed by atoms with E-state index in [-0.39, 0.29) is 10.7 Å². The number of nitrogens with one attached hydrogen (secondary N) is 1. The average molecular weight is 371 g/mol. The number of carbonyl (C=O) groups excluding carboxylic acids is 1. The van der Waals surface area contributed by atoms with E-state index >= 15 is 0 Å². The second-order valence-electron chi connectivity index (χ2n) is 5.42. The van der Waals surface area contributed by atoms with Gasteiger partial charge in [0.25, 0.3) is 5.91 Å². The lowest BCUT2D eigenvalue weighted by Gasteiger charge is -2.22. The molecule has 0 bridgehead atoms. The summed E-state index contributed by atoms with van der Waals surface area (Å²) in [6.45, 7) is 2.67. The van der Waals surface area contributed by atoms with Gasteiger partial charge in [-0.1, -0.05) is 29.8 Å². The zero-order valence-electron chi connectivity index (χ0n) is 14.0. The molecule has 7 heteroatoms. The quantitative estimate of drug-likeness (QED) is 0.708. The summed E-state index contributed by atoms with van der Waals surface area (Å²) in [6.07, 6.45) is 1.34. The monoisotopic (exact) mass is 370 g/mol. The van der Waals surface area contributed by atoms with E-state index in [2.05, 4.69) is 15.3 Å². The number of benzene rings is 2. The van der Waals surface area contributed by atoms with Gasteiger partial charge in [0, 0.05) is 24.0 Å². The number of para-hydroxylation sites is 1. The summed E-state index contributed by atoms with van der Waals surface area (Å²) < 4.78 is 13.2. The standard InChI is InChI=1S/C19H16ClFN4O/c1-2-25(14-6-4-3-5-7-14)18-11-17(22-12-23-18)19(26)24-13-8-9-16(21)15(20)10-13/h3-12H,2H2,1H3,(H,24,26). The van der Waals surface area contributed by atoms with E-state index in [0.29, 0.717) is 18.1 Å². The van der Waals surface area contributed by atoms with Crippen LogP contribution in [-0.2, 0) is 0 Å². The van der Waals surface area contributed by atoms with Gasteiger partial charge in [0.1, 0.15) is 23.7 Å². The molecule has 0 unspecified atom stereocenters. The molecule has 1 heterocycles. The van der Waals surface area contributed by atoms with Crippen molar-refractivity contribution in [2.24, 2.45) is 0 Å². The van der Waals surface area contributed by atoms with E-state index in [0.717, 1.165) is 5.69 Å². The van der Waals surface area contributed by atoms with Gasteiger partial charge < -0.3 is 10.2 Å². The summed E-state index contributed by atoms with van der Waals surface area (Å²) in [7, 11) is 0. The first kappa shape index (κ1) is 17.8. The van der Waals surface area contributed by atoms with Gasteiger partial charge in [0.2, 0.25) is 0 Å². The molecular weight excluding hydrogens is 355 g/mol. The predicted molar refractivity (Wildman–Crippen MR) is 101 cm³/mol. The summed E-state index contributed by atoms with van der Waals surface area (Å²) in [4.78, 5) is 22.7. The molecule has 132 valence electrons. The molecule has 0 spiro atoms. The van der Waals surface area contributed by atoms with Gasteiger partial charge in [-0.15, -0.1) is 0 Å². The third kappa shape index (κ3) is 3.97. The van der Waals surface area contributed by atoms with Gasteiger partial charge in [-0.05, 0) is 37.3 Å². The van der Waals surface area contributed by atoms with Crippen LogP contribution in [0.3, 0.4) is 0 Å². The number of amides is 1. The molecule has 0 radical (unpaired) electrons. The summed E-state index contributed by atoms with van der Waals surface area (Å²) in [6, 6.07) is 15.3. The number of hydrogen-bond donors (Lipinski definition) is 1. The highest BCUT2D eigenvalue weighted by Crippen LogP contribution is 2.23. The molecule has 3 aromatic rings. The van der Waals surface area contributed by atoms with Crippen LogP contribution in [-0.4, -0.2) is 22.4 Å². The van der Waals surface area contributed by atoms with Crippen LogP contribution in [0.2, 0.25) is 5.02 Å². The molecule has 0 aliphatic carbocycles. The Kier molecular flexibility index (Phi) is 5.43. The Morgan fingerprint density at radius 1 is 1.15 bits per heavy atom. The second kappa shape index (κ2) is 7.93. The first-order valence-electron chi connectivity index (χ1n) is 7.99. The Bertz CT molecular complexity index is 920. The minimum absolute atomic E-state index is 0.0626. The van der Waals surface area contributed by atoms with Crippen LogP contribution in [0, 0.1) is 5.82 Å². The molecule has 0 saturated carbocycles. The van der Waals surface area contributed by atoms with Gasteiger partial charge in [-0.3, -0.25) is 4.79 Å². The van der Waals surface area contributed by atoms with E-state index < -0.39 is 11.7 Å². The van der Waals surface area contributed by atoms with Gasteiger partial charge in [0.05, 0.1) is 5.02 Å². The van der Waals surface area contributed by atoms with Crippen molar-refractivity contribution in [2.45, 2.75) is 6.92 Å². The van der Waals surface area contributed by atoms with Crippen molar-refractivity contribution in [3.8, 4) is 0 Å². The Hall–Kier alpha value is -2.99. The maximum Gasteiger partial charge on any atom is 0.274 e. The number of rotatable bonds is 5. The fraction of sp³-hybridized carbons (Fsp3) is 0.105. The first-order valence-corrected chi connectivity index (χ1v) is 8.37. The highest BCUT2D eigenvalue weighted by molar-refractivity contribution is 6.31. The largest absolute Gasteiger partial charge is 0.327 e. The highest BCUT2D eigenvalue weighted by atomic mass is 35.5. The number of hydrogen-bond acceptors (Lipinski definition) is 4. The van der Waals surface area contributed by atoms with Crippen molar-refractivity contribution in [3.63, 3.8) is 0 Å². The van der Waals surface area contributed by atoms with Crippen LogP contribution in [0.5, 0.6) is 0 Å². The lowest BCUT2D eigenvalue weighted by atomic mass is 10.2. The Morgan fingerprint density at radius 2 is 1.92 bits per heavy atom. The molecule has 3 rings (SSSR count). The highest BCUT2D eigenvalue weighted by Gasteiger charge is 2.14. The van der Waals surface area contributed by atoms with Crippen LogP contribution in [0.1, 0.15) is 17.4 Å². The Balaban J connectivity index is 1.84. The lowest BCUT2D eigenvalue weighted by molar-refractivity contribution is 0.102. The zero-order valence-corrected chi connectivity index (χ0v) is 14.7. The molecule has 0 fully saturated rings. The molecule has 26 heavy (non-hydrogen) atoms. The molecule has 2 aromatic carbocycles. The Morgan fingerprint density at radius 3 is 2.62 bits per heavy atom. The van der Waals surface area contributed by atoms with Crippen molar-refractivity contribution in [1.82, 2.24) is 9.97 Å². The van der Waals surface area contributed by atoms with Crippen molar-refractivity contribution >= 4 is 34.7 Å². The summed E-state index contributed by atoms with van der Waals surface area (Å²) >= 11 is 5.74. The number of halogens is 2. The molecule has 1 aromatic heterocycles. The number of aromatic nitrogens is 2. The van der Waals surface area contributed by atoms with Crippen LogP contribution in [0.25, 0.3) is 0 Å². The van der Waals surface area contributed by atoms with Crippen LogP contribution in [0.4, 0.5) is 21.6 Å². The average Bonchev–Trinajstić information content (AvgIpc) is 2.66. The normalized spacial score (nSPS) is 10.4. The maximum atomic E-state index is 13.2. The molecule has 5 nitrogen and oxygen atoms in total. The van der Waals surface area contributed by atoms with E-state index in [1.807, 2.05) is 42.2 Å². The first-order chi connectivity index (χ1) is 12.6. The minimum Gasteiger partial charge on any atom is -0.327 e. The van der Waals surface area contributed by atoms with E-state index in [1.54, 1.807) is 6.07 Å². The zero-order chi connectivity index (χ0) is 18.5. The second-order valence-corrected chi connectivity index (χ2v) is 5.83. The molecule has 0 atom stereocenters. The predicted octanol–water partition coefficient (Wildman–Crippen LogP) is 4.68. The van der Waals surface area contributed by atoms with E-state index in [4.69, 9.17) is 11.6 Å². The smallest absolute Gasteiger partial charge is 0.274 e. The number of anilines is 3. The molecule has 0 saturated heterocycles. The van der Waals surface area contributed by atoms with Crippen molar-refractivity contribution in [3.05, 3.63) is 77.5 Å². The van der Waals surface area contributed by atoms with Gasteiger partial charge >= 0.3 is 0 Å². The lowest BCUT2D eigenvalue weighted by Crippen LogP contribution is -2.20. The van der Waals surface area contributed by atoms with Crippen LogP contribution >= 0.6 is 11.6 Å². The minimum atomic E-state index is -0.546. The molecule has 1 amide bonds. The van der Waals surface area contributed by atoms with Gasteiger partial charge in [0.15, 0.2) is 0 Å². The Labute approximate surface area is 155 Å². The number of nitrogens with zero attached hydrogens (tertiary/aromatic N) is 3. The maximum absolute atomic E-state index is 13.2. The summed E-state index contributed by atoms with van der Waals surface area (Å²) in [5.74, 6) is -0.369. The fourth-order valence-electron chi connectivity index (χ4n) is 2.47.